The molecular weight excluding hydrogens is 230 g/mol. The summed E-state index contributed by atoms with van der Waals surface area (Å²) < 4.78 is 3.73. The number of oxime groups is 1. The third kappa shape index (κ3) is 2.66. The van der Waals surface area contributed by atoms with Crippen molar-refractivity contribution in [1.29, 1.82) is 0 Å². The normalized spacial score (nSPS) is 11.5. The van der Waals surface area contributed by atoms with E-state index < -0.39 is 0 Å². The van der Waals surface area contributed by atoms with Crippen LogP contribution in [0.1, 0.15) is 22.3 Å². The topological polar surface area (TPSA) is 105 Å². The van der Waals surface area contributed by atoms with E-state index in [1.807, 2.05) is 6.92 Å². The van der Waals surface area contributed by atoms with E-state index in [0.29, 0.717) is 17.0 Å². The molecule has 0 unspecified atom stereocenters. The number of aryl methyl sites for hydroxylation is 1. The summed E-state index contributed by atoms with van der Waals surface area (Å²) in [6.45, 7) is 1.97. The van der Waals surface area contributed by atoms with Crippen molar-refractivity contribution in [2.75, 3.05) is 13.6 Å². The highest BCUT2D eigenvalue weighted by molar-refractivity contribution is 7.08. The summed E-state index contributed by atoms with van der Waals surface area (Å²) in [7, 11) is 1.57. The minimum Gasteiger partial charge on any atom is -0.409 e. The highest BCUT2D eigenvalue weighted by Gasteiger charge is 2.19. The van der Waals surface area contributed by atoms with Crippen molar-refractivity contribution in [2.45, 2.75) is 13.3 Å². The van der Waals surface area contributed by atoms with E-state index in [1.54, 1.807) is 7.05 Å². The number of amidine groups is 1. The molecule has 8 heteroatoms. The third-order valence-corrected chi connectivity index (χ3v) is 2.72. The summed E-state index contributed by atoms with van der Waals surface area (Å²) in [6.07, 6.45) is 0.648. The van der Waals surface area contributed by atoms with E-state index in [0.717, 1.165) is 11.5 Å². The largest absolute Gasteiger partial charge is 0.409 e. The monoisotopic (exact) mass is 243 g/mol. The van der Waals surface area contributed by atoms with Crippen molar-refractivity contribution < 1.29 is 10.0 Å². The first-order valence-electron chi connectivity index (χ1n) is 4.63. The van der Waals surface area contributed by atoms with Gasteiger partial charge in [-0.2, -0.15) is 0 Å². The Morgan fingerprint density at radius 2 is 2.38 bits per heavy atom. The number of hydrogen-bond acceptors (Lipinski definition) is 6. The van der Waals surface area contributed by atoms with E-state index >= 15 is 0 Å². The summed E-state index contributed by atoms with van der Waals surface area (Å²) in [4.78, 5) is 13.7. The zero-order valence-corrected chi connectivity index (χ0v) is 9.86. The molecule has 1 amide bonds. The molecule has 1 aromatic heterocycles. The Morgan fingerprint density at radius 1 is 1.69 bits per heavy atom. The quantitative estimate of drug-likeness (QED) is 0.333. The highest BCUT2D eigenvalue weighted by atomic mass is 32.1. The second kappa shape index (κ2) is 5.40. The molecule has 1 aromatic rings. The van der Waals surface area contributed by atoms with Crippen LogP contribution in [0.5, 0.6) is 0 Å². The first kappa shape index (κ1) is 12.4. The SMILES string of the molecule is CCc1nnsc1C(=O)N(C)CC(N)=NO. The van der Waals surface area contributed by atoms with Crippen molar-refractivity contribution in [1.82, 2.24) is 14.5 Å². The molecule has 88 valence electrons. The van der Waals surface area contributed by atoms with Crippen LogP contribution in [0.25, 0.3) is 0 Å². The Hall–Kier alpha value is -1.70. The Morgan fingerprint density at radius 3 is 2.94 bits per heavy atom. The number of carbonyl (C=O) groups excluding carboxylic acids is 1. The molecule has 16 heavy (non-hydrogen) atoms. The van der Waals surface area contributed by atoms with E-state index in [9.17, 15) is 4.79 Å². The maximum atomic E-state index is 11.9. The van der Waals surface area contributed by atoms with Gasteiger partial charge in [0.1, 0.15) is 4.88 Å². The lowest BCUT2D eigenvalue weighted by atomic mass is 10.3. The van der Waals surface area contributed by atoms with Crippen molar-refractivity contribution in [2.24, 2.45) is 10.9 Å². The van der Waals surface area contributed by atoms with Crippen LogP contribution in [-0.4, -0.2) is 45.0 Å². The summed E-state index contributed by atoms with van der Waals surface area (Å²) in [6, 6.07) is 0. The Labute approximate surface area is 96.7 Å². The number of amides is 1. The summed E-state index contributed by atoms with van der Waals surface area (Å²) in [5, 5.41) is 15.1. The lowest BCUT2D eigenvalue weighted by molar-refractivity contribution is 0.0817. The minimum absolute atomic E-state index is 0.0219. The maximum absolute atomic E-state index is 11.9. The summed E-state index contributed by atoms with van der Waals surface area (Å²) >= 11 is 1.05. The molecule has 0 atom stereocenters. The van der Waals surface area contributed by atoms with Crippen LogP contribution in [0, 0.1) is 0 Å². The van der Waals surface area contributed by atoms with Gasteiger partial charge in [-0.1, -0.05) is 16.6 Å². The van der Waals surface area contributed by atoms with Crippen LogP contribution in [0.4, 0.5) is 0 Å². The van der Waals surface area contributed by atoms with E-state index in [1.165, 1.54) is 4.90 Å². The van der Waals surface area contributed by atoms with Gasteiger partial charge in [0.05, 0.1) is 12.2 Å². The maximum Gasteiger partial charge on any atom is 0.267 e. The number of nitrogens with two attached hydrogens (primary N) is 1. The number of rotatable bonds is 4. The molecule has 0 aliphatic rings. The fraction of sp³-hybridized carbons (Fsp3) is 0.500. The lowest BCUT2D eigenvalue weighted by Gasteiger charge is -2.14. The van der Waals surface area contributed by atoms with Crippen LogP contribution in [-0.2, 0) is 6.42 Å². The fourth-order valence-electron chi connectivity index (χ4n) is 1.12. The standard InChI is InChI=1S/C8H13N5O2S/c1-3-5-7(16-12-10-5)8(14)13(2)4-6(9)11-15/h15H,3-4H2,1-2H3,(H2,9,11). The molecule has 0 spiro atoms. The molecule has 0 fully saturated rings. The summed E-state index contributed by atoms with van der Waals surface area (Å²) in [5.41, 5.74) is 5.98. The van der Waals surface area contributed by atoms with E-state index in [-0.39, 0.29) is 18.3 Å². The second-order valence-corrected chi connectivity index (χ2v) is 3.91. The molecule has 0 bridgehead atoms. The van der Waals surface area contributed by atoms with Gasteiger partial charge < -0.3 is 15.8 Å². The molecule has 0 radical (unpaired) electrons. The van der Waals surface area contributed by atoms with Crippen LogP contribution < -0.4 is 5.73 Å². The van der Waals surface area contributed by atoms with Crippen molar-refractivity contribution in [3.05, 3.63) is 10.6 Å². The number of nitrogens with zero attached hydrogens (tertiary/aromatic N) is 4. The van der Waals surface area contributed by atoms with Gasteiger partial charge in [-0.15, -0.1) is 5.10 Å². The smallest absolute Gasteiger partial charge is 0.267 e. The van der Waals surface area contributed by atoms with Gasteiger partial charge in [0.2, 0.25) is 0 Å². The van der Waals surface area contributed by atoms with Gasteiger partial charge in [-0.3, -0.25) is 4.79 Å². The zero-order valence-electron chi connectivity index (χ0n) is 9.04. The molecular formula is C8H13N5O2S. The Bertz CT molecular complexity index is 403. The third-order valence-electron chi connectivity index (χ3n) is 1.96. The van der Waals surface area contributed by atoms with Gasteiger partial charge in [0.25, 0.3) is 5.91 Å². The zero-order chi connectivity index (χ0) is 12.1. The van der Waals surface area contributed by atoms with Gasteiger partial charge in [-0.25, -0.2) is 0 Å². The number of aromatic nitrogens is 2. The number of carbonyl (C=O) groups is 1. The van der Waals surface area contributed by atoms with Gasteiger partial charge in [0.15, 0.2) is 5.84 Å². The molecule has 1 heterocycles. The average molecular weight is 243 g/mol. The van der Waals surface area contributed by atoms with Crippen molar-refractivity contribution in [3.8, 4) is 0 Å². The molecule has 0 saturated heterocycles. The molecule has 0 aliphatic heterocycles. The van der Waals surface area contributed by atoms with Crippen molar-refractivity contribution in [3.63, 3.8) is 0 Å². The highest BCUT2D eigenvalue weighted by Crippen LogP contribution is 2.13. The molecule has 7 nitrogen and oxygen atoms in total. The van der Waals surface area contributed by atoms with Crippen LogP contribution >= 0.6 is 11.5 Å². The van der Waals surface area contributed by atoms with Crippen LogP contribution in [0.3, 0.4) is 0 Å². The van der Waals surface area contributed by atoms with Gasteiger partial charge >= 0.3 is 0 Å². The lowest BCUT2D eigenvalue weighted by Crippen LogP contribution is -2.35. The predicted octanol–water partition coefficient (Wildman–Crippen LogP) is -0.0811. The molecule has 1 rings (SSSR count). The van der Waals surface area contributed by atoms with Crippen LogP contribution in [0.2, 0.25) is 0 Å². The molecule has 3 N–H and O–H groups in total. The second-order valence-electron chi connectivity index (χ2n) is 3.15. The molecule has 0 aromatic carbocycles. The van der Waals surface area contributed by atoms with Gasteiger partial charge in [-0.05, 0) is 18.0 Å². The first-order chi connectivity index (χ1) is 7.60. The Balaban J connectivity index is 2.78. The van der Waals surface area contributed by atoms with E-state index in [4.69, 9.17) is 10.9 Å². The minimum atomic E-state index is -0.224. The molecule has 0 aliphatic carbocycles. The van der Waals surface area contributed by atoms with Gasteiger partial charge in [0, 0.05) is 7.05 Å². The molecule has 0 saturated carbocycles. The predicted molar refractivity (Wildman–Crippen MR) is 59.7 cm³/mol. The number of hydrogen-bond donors (Lipinski definition) is 2. The summed E-state index contributed by atoms with van der Waals surface area (Å²) in [5.74, 6) is -0.246. The Kier molecular flexibility index (Phi) is 4.18. The number of likely N-dealkylation sites (N-methyl/N-ethyl adjacent to an activating group) is 1. The van der Waals surface area contributed by atoms with Crippen molar-refractivity contribution >= 4 is 23.3 Å². The fourth-order valence-corrected chi connectivity index (χ4v) is 1.87. The first-order valence-corrected chi connectivity index (χ1v) is 5.40. The van der Waals surface area contributed by atoms with E-state index in [2.05, 4.69) is 14.7 Å². The van der Waals surface area contributed by atoms with Crippen LogP contribution in [0.15, 0.2) is 5.16 Å². The average Bonchev–Trinajstić information content (AvgIpc) is 2.75.